The number of methoxy groups -OCH3 is 2. The Hall–Kier alpha value is -4.25. The van der Waals surface area contributed by atoms with Gasteiger partial charge in [-0.05, 0) is 53.9 Å². The maximum Gasteiger partial charge on any atom is 0.264 e. The van der Waals surface area contributed by atoms with E-state index in [1.165, 1.54) is 37.3 Å². The Labute approximate surface area is 292 Å². The van der Waals surface area contributed by atoms with Gasteiger partial charge in [0.05, 0.1) is 34.8 Å². The number of unbranched alkanes of at least 4 members (excludes halogenated alkanes) is 1. The minimum absolute atomic E-state index is 0.0307. The second kappa shape index (κ2) is 17.2. The molecule has 0 aliphatic carbocycles. The molecule has 0 heterocycles. The summed E-state index contributed by atoms with van der Waals surface area (Å²) in [7, 11) is -1.47. The Balaban J connectivity index is 1.86. The molecule has 4 aromatic rings. The number of hydrogen-bond acceptors (Lipinski definition) is 6. The molecule has 0 aliphatic heterocycles. The monoisotopic (exact) mass is 711 g/mol. The van der Waals surface area contributed by atoms with Gasteiger partial charge < -0.3 is 19.7 Å². The lowest BCUT2D eigenvalue weighted by Gasteiger charge is -2.34. The van der Waals surface area contributed by atoms with E-state index in [2.05, 4.69) is 5.32 Å². The molecule has 9 nitrogen and oxygen atoms in total. The summed E-state index contributed by atoms with van der Waals surface area (Å²) in [6.45, 7) is 1.73. The zero-order valence-corrected chi connectivity index (χ0v) is 29.4. The maximum absolute atomic E-state index is 14.7. The molecular formula is C36H39Cl2N3O6S. The van der Waals surface area contributed by atoms with Crippen LogP contribution in [-0.4, -0.2) is 58.5 Å². The molecule has 0 saturated carbocycles. The van der Waals surface area contributed by atoms with E-state index in [4.69, 9.17) is 32.7 Å². The molecule has 0 radical (unpaired) electrons. The van der Waals surface area contributed by atoms with Crippen LogP contribution in [0.15, 0.2) is 102 Å². The van der Waals surface area contributed by atoms with E-state index in [0.29, 0.717) is 22.9 Å². The van der Waals surface area contributed by atoms with E-state index in [0.717, 1.165) is 22.7 Å². The van der Waals surface area contributed by atoms with Crippen LogP contribution in [0.25, 0.3) is 0 Å². The van der Waals surface area contributed by atoms with Gasteiger partial charge in [0.25, 0.3) is 10.0 Å². The van der Waals surface area contributed by atoms with Crippen molar-refractivity contribution in [2.75, 3.05) is 31.6 Å². The van der Waals surface area contributed by atoms with Crippen LogP contribution in [-0.2, 0) is 32.6 Å². The number of hydrogen-bond donors (Lipinski definition) is 1. The molecule has 0 fully saturated rings. The molecule has 0 aromatic heterocycles. The molecule has 0 aliphatic rings. The number of amides is 2. The normalized spacial score (nSPS) is 11.8. The number of benzene rings is 4. The Morgan fingerprint density at radius 1 is 0.833 bits per heavy atom. The van der Waals surface area contributed by atoms with Crippen molar-refractivity contribution in [1.82, 2.24) is 10.2 Å². The first-order valence-electron chi connectivity index (χ1n) is 15.4. The maximum atomic E-state index is 14.7. The number of carbonyl (C=O) groups is 2. The van der Waals surface area contributed by atoms with Gasteiger partial charge in [-0.1, -0.05) is 91.1 Å². The zero-order chi connectivity index (χ0) is 34.7. The fourth-order valence-electron chi connectivity index (χ4n) is 5.12. The number of nitrogens with zero attached hydrogens (tertiary/aromatic N) is 2. The largest absolute Gasteiger partial charge is 0.497 e. The van der Waals surface area contributed by atoms with Crippen LogP contribution < -0.4 is 19.1 Å². The van der Waals surface area contributed by atoms with Crippen LogP contribution in [0.3, 0.4) is 0 Å². The summed E-state index contributed by atoms with van der Waals surface area (Å²) in [5, 5.41) is 3.59. The summed E-state index contributed by atoms with van der Waals surface area (Å²) in [5.41, 5.74) is 1.52. The van der Waals surface area contributed by atoms with Crippen molar-refractivity contribution in [2.45, 2.75) is 43.7 Å². The summed E-state index contributed by atoms with van der Waals surface area (Å²) in [5.74, 6) is -0.428. The number of sulfonamides is 1. The molecule has 1 unspecified atom stereocenters. The molecule has 2 amide bonds. The highest BCUT2D eigenvalue weighted by molar-refractivity contribution is 7.92. The highest BCUT2D eigenvalue weighted by Crippen LogP contribution is 2.36. The number of anilines is 1. The van der Waals surface area contributed by atoms with Crippen molar-refractivity contribution in [3.05, 3.63) is 118 Å². The van der Waals surface area contributed by atoms with Gasteiger partial charge in [-0.25, -0.2) is 8.42 Å². The topological polar surface area (TPSA) is 105 Å². The van der Waals surface area contributed by atoms with Gasteiger partial charge in [0.2, 0.25) is 11.8 Å². The van der Waals surface area contributed by atoms with Gasteiger partial charge in [-0.3, -0.25) is 13.9 Å². The first kappa shape index (κ1) is 36.6. The van der Waals surface area contributed by atoms with Crippen LogP contribution in [0, 0.1) is 0 Å². The molecule has 0 saturated heterocycles. The van der Waals surface area contributed by atoms with E-state index in [-0.39, 0.29) is 40.2 Å². The minimum Gasteiger partial charge on any atom is -0.497 e. The lowest BCUT2D eigenvalue weighted by Crippen LogP contribution is -2.53. The summed E-state index contributed by atoms with van der Waals surface area (Å²) in [6.07, 6.45) is 1.80. The average molecular weight is 713 g/mol. The van der Waals surface area contributed by atoms with Crippen molar-refractivity contribution in [3.63, 3.8) is 0 Å². The van der Waals surface area contributed by atoms with E-state index in [1.807, 2.05) is 37.3 Å². The highest BCUT2D eigenvalue weighted by atomic mass is 35.5. The number of nitrogens with one attached hydrogen (secondary N) is 1. The third kappa shape index (κ3) is 9.21. The molecule has 1 atom stereocenters. The molecule has 0 spiro atoms. The summed E-state index contributed by atoms with van der Waals surface area (Å²) in [6, 6.07) is 25.8. The number of halogens is 2. The van der Waals surface area contributed by atoms with Gasteiger partial charge >= 0.3 is 0 Å². The standard InChI is InChI=1S/C36H39Cl2N3O6S/c1-4-5-20-39-36(43)33(22-26-12-8-6-9-13-26)40(24-27-16-18-30(37)31(38)21-27)35(42)25-41(48(44,45)29-14-10-7-11-15-29)32-23-28(46-2)17-19-34(32)47-3/h6-19,21,23,33H,4-5,20,22,24-25H2,1-3H3,(H,39,43). The fourth-order valence-corrected chi connectivity index (χ4v) is 6.88. The number of ether oxygens (including phenoxy) is 2. The number of carbonyl (C=O) groups excluding carboxylic acids is 2. The predicted octanol–water partition coefficient (Wildman–Crippen LogP) is 6.76. The van der Waals surface area contributed by atoms with E-state index >= 15 is 0 Å². The minimum atomic E-state index is -4.34. The Morgan fingerprint density at radius 3 is 2.15 bits per heavy atom. The molecule has 48 heavy (non-hydrogen) atoms. The average Bonchev–Trinajstić information content (AvgIpc) is 3.10. The van der Waals surface area contributed by atoms with Crippen molar-refractivity contribution in [2.24, 2.45) is 0 Å². The number of rotatable bonds is 16. The third-order valence-corrected chi connectivity index (χ3v) is 10.2. The summed E-state index contributed by atoms with van der Waals surface area (Å²) < 4.78 is 40.6. The lowest BCUT2D eigenvalue weighted by atomic mass is 10.0. The predicted molar refractivity (Wildman–Crippen MR) is 189 cm³/mol. The first-order chi connectivity index (χ1) is 23.1. The first-order valence-corrected chi connectivity index (χ1v) is 17.6. The molecule has 4 rings (SSSR count). The SMILES string of the molecule is CCCCNC(=O)C(Cc1ccccc1)N(Cc1ccc(Cl)c(Cl)c1)C(=O)CN(c1cc(OC)ccc1OC)S(=O)(=O)c1ccccc1. The molecule has 12 heteroatoms. The Bertz CT molecular complexity index is 1790. The third-order valence-electron chi connectivity index (χ3n) is 7.70. The van der Waals surface area contributed by atoms with Crippen LogP contribution in [0.1, 0.15) is 30.9 Å². The van der Waals surface area contributed by atoms with Crippen molar-refractivity contribution < 1.29 is 27.5 Å². The van der Waals surface area contributed by atoms with Crippen molar-refractivity contribution in [3.8, 4) is 11.5 Å². The smallest absolute Gasteiger partial charge is 0.264 e. The van der Waals surface area contributed by atoms with E-state index < -0.39 is 28.5 Å². The highest BCUT2D eigenvalue weighted by Gasteiger charge is 2.35. The van der Waals surface area contributed by atoms with Gasteiger partial charge in [0.15, 0.2) is 0 Å². The lowest BCUT2D eigenvalue weighted by molar-refractivity contribution is -0.140. The molecule has 1 N–H and O–H groups in total. The van der Waals surface area contributed by atoms with Gasteiger partial charge in [0.1, 0.15) is 24.1 Å². The van der Waals surface area contributed by atoms with Crippen molar-refractivity contribution >= 4 is 50.7 Å². The van der Waals surface area contributed by atoms with Crippen LogP contribution in [0.5, 0.6) is 11.5 Å². The van der Waals surface area contributed by atoms with Crippen LogP contribution >= 0.6 is 23.2 Å². The molecule has 0 bridgehead atoms. The second-order valence-corrected chi connectivity index (χ2v) is 13.7. The van der Waals surface area contributed by atoms with Gasteiger partial charge in [0, 0.05) is 25.6 Å². The van der Waals surface area contributed by atoms with Crippen molar-refractivity contribution in [1.29, 1.82) is 0 Å². The molecule has 4 aromatic carbocycles. The Morgan fingerprint density at radius 2 is 1.52 bits per heavy atom. The Kier molecular flexibility index (Phi) is 13.1. The van der Waals surface area contributed by atoms with Gasteiger partial charge in [-0.15, -0.1) is 0 Å². The van der Waals surface area contributed by atoms with Gasteiger partial charge in [-0.2, -0.15) is 0 Å². The van der Waals surface area contributed by atoms with Crippen LogP contribution in [0.2, 0.25) is 10.0 Å². The fraction of sp³-hybridized carbons (Fsp3) is 0.278. The quantitative estimate of drug-likeness (QED) is 0.129. The summed E-state index contributed by atoms with van der Waals surface area (Å²) in [4.78, 5) is 30.0. The van der Waals surface area contributed by atoms with Crippen LogP contribution in [0.4, 0.5) is 5.69 Å². The van der Waals surface area contributed by atoms with E-state index in [9.17, 15) is 18.0 Å². The van der Waals surface area contributed by atoms with E-state index in [1.54, 1.807) is 48.5 Å². The molecular weight excluding hydrogens is 673 g/mol. The molecule has 254 valence electrons. The zero-order valence-electron chi connectivity index (χ0n) is 27.1. The second-order valence-electron chi connectivity index (χ2n) is 11.0. The summed E-state index contributed by atoms with van der Waals surface area (Å²) >= 11 is 12.6.